The minimum Gasteiger partial charge on any atom is -0.493 e. The van der Waals surface area contributed by atoms with Crippen LogP contribution < -0.4 is 0 Å². The van der Waals surface area contributed by atoms with Gasteiger partial charge in [-0.3, -0.25) is 4.79 Å². The van der Waals surface area contributed by atoms with Crippen molar-refractivity contribution < 1.29 is 14.6 Å². The summed E-state index contributed by atoms with van der Waals surface area (Å²) in [7, 11) is 0. The third-order valence-electron chi connectivity index (χ3n) is 2.15. The molecule has 0 radical (unpaired) electrons. The van der Waals surface area contributed by atoms with Crippen LogP contribution in [0.3, 0.4) is 0 Å². The molecule has 4 nitrogen and oxygen atoms in total. The summed E-state index contributed by atoms with van der Waals surface area (Å²) in [5.74, 6) is 0.0498. The van der Waals surface area contributed by atoms with Gasteiger partial charge in [-0.2, -0.15) is 0 Å². The fourth-order valence-corrected chi connectivity index (χ4v) is 0.980. The van der Waals surface area contributed by atoms with Crippen molar-refractivity contribution in [1.29, 1.82) is 0 Å². The molecule has 0 aliphatic rings. The number of ether oxygens (including phenoxy) is 1. The molecule has 0 aliphatic heterocycles. The Hall–Kier alpha value is -1.42. The summed E-state index contributed by atoms with van der Waals surface area (Å²) in [6.07, 6.45) is 1.52. The van der Waals surface area contributed by atoms with E-state index in [0.717, 1.165) is 5.56 Å². The molecule has 1 heterocycles. The summed E-state index contributed by atoms with van der Waals surface area (Å²) in [4.78, 5) is 15.2. The highest BCUT2D eigenvalue weighted by Crippen LogP contribution is 2.15. The Morgan fingerprint density at radius 3 is 2.62 bits per heavy atom. The smallest absolute Gasteiger partial charge is 0.210 e. The first kappa shape index (κ1) is 12.6. The minimum atomic E-state index is -0.368. The third kappa shape index (κ3) is 3.98. The number of aromatic nitrogens is 1. The number of hydrogen-bond acceptors (Lipinski definition) is 4. The molecule has 4 heteroatoms. The zero-order chi connectivity index (χ0) is 12.2. The standard InChI is InChI=1S/C12H17NO3/c1-12(2,3)10(14)8-16-7-9-4-5-11(15)13-6-9/h4-6H,7-8H2,1-3H3,(H,13,15). The van der Waals surface area contributed by atoms with Gasteiger partial charge in [-0.05, 0) is 11.6 Å². The summed E-state index contributed by atoms with van der Waals surface area (Å²) >= 11 is 0. The Kier molecular flexibility index (Phi) is 4.01. The summed E-state index contributed by atoms with van der Waals surface area (Å²) < 4.78 is 5.28. The van der Waals surface area contributed by atoms with Crippen molar-refractivity contribution in [2.45, 2.75) is 27.4 Å². The minimum absolute atomic E-state index is 0.0190. The van der Waals surface area contributed by atoms with Crippen molar-refractivity contribution in [1.82, 2.24) is 4.98 Å². The van der Waals surface area contributed by atoms with Gasteiger partial charge in [-0.15, -0.1) is 0 Å². The van der Waals surface area contributed by atoms with Crippen molar-refractivity contribution in [3.63, 3.8) is 0 Å². The molecule has 16 heavy (non-hydrogen) atoms. The number of Topliss-reactive ketones (excluding diaryl/α,β-unsaturated/α-hetero) is 1. The second-order valence-corrected chi connectivity index (χ2v) is 4.69. The fourth-order valence-electron chi connectivity index (χ4n) is 0.980. The van der Waals surface area contributed by atoms with Gasteiger partial charge in [0, 0.05) is 17.7 Å². The average Bonchev–Trinajstić information content (AvgIpc) is 2.19. The Morgan fingerprint density at radius 1 is 1.44 bits per heavy atom. The van der Waals surface area contributed by atoms with Crippen LogP contribution in [-0.2, 0) is 16.1 Å². The van der Waals surface area contributed by atoms with E-state index in [1.807, 2.05) is 20.8 Å². The lowest BCUT2D eigenvalue weighted by Crippen LogP contribution is -2.24. The van der Waals surface area contributed by atoms with Crippen LogP contribution in [0.25, 0.3) is 0 Å². The lowest BCUT2D eigenvalue weighted by atomic mass is 9.91. The Labute approximate surface area is 95.3 Å². The van der Waals surface area contributed by atoms with E-state index < -0.39 is 0 Å². The molecule has 0 aliphatic carbocycles. The van der Waals surface area contributed by atoms with Gasteiger partial charge in [0.25, 0.3) is 0 Å². The van der Waals surface area contributed by atoms with Gasteiger partial charge in [0.05, 0.1) is 6.61 Å². The van der Waals surface area contributed by atoms with Crippen LogP contribution in [0.4, 0.5) is 0 Å². The number of pyridine rings is 1. The monoisotopic (exact) mass is 223 g/mol. The molecular weight excluding hydrogens is 206 g/mol. The van der Waals surface area contributed by atoms with Crippen molar-refractivity contribution in [3.05, 3.63) is 23.9 Å². The first-order chi connectivity index (χ1) is 7.39. The molecule has 0 bridgehead atoms. The van der Waals surface area contributed by atoms with Crippen molar-refractivity contribution >= 4 is 5.78 Å². The summed E-state index contributed by atoms with van der Waals surface area (Å²) in [6.45, 7) is 6.02. The highest BCUT2D eigenvalue weighted by molar-refractivity contribution is 5.84. The van der Waals surface area contributed by atoms with Gasteiger partial charge in [-0.1, -0.05) is 20.8 Å². The Bertz CT molecular complexity index is 352. The van der Waals surface area contributed by atoms with Gasteiger partial charge < -0.3 is 9.84 Å². The SMILES string of the molecule is CC(C)(C)C(=O)COCc1ccc(O)nc1. The Morgan fingerprint density at radius 2 is 2.12 bits per heavy atom. The van der Waals surface area contributed by atoms with E-state index in [1.54, 1.807) is 6.07 Å². The van der Waals surface area contributed by atoms with E-state index >= 15 is 0 Å². The molecular formula is C12H17NO3. The average molecular weight is 223 g/mol. The normalized spacial score (nSPS) is 11.4. The second kappa shape index (κ2) is 5.07. The predicted octanol–water partition coefficient (Wildman–Crippen LogP) is 1.92. The molecule has 0 amide bonds. The number of hydrogen-bond donors (Lipinski definition) is 1. The van der Waals surface area contributed by atoms with Crippen LogP contribution in [0.1, 0.15) is 26.3 Å². The maximum absolute atomic E-state index is 11.5. The van der Waals surface area contributed by atoms with Gasteiger partial charge >= 0.3 is 0 Å². The molecule has 88 valence electrons. The maximum atomic E-state index is 11.5. The van der Waals surface area contributed by atoms with Crippen LogP contribution in [-0.4, -0.2) is 22.5 Å². The van der Waals surface area contributed by atoms with Gasteiger partial charge in [0.1, 0.15) is 6.61 Å². The molecule has 1 N–H and O–H groups in total. The molecule has 0 saturated carbocycles. The predicted molar refractivity (Wildman–Crippen MR) is 60.0 cm³/mol. The van der Waals surface area contributed by atoms with E-state index in [4.69, 9.17) is 9.84 Å². The largest absolute Gasteiger partial charge is 0.493 e. The lowest BCUT2D eigenvalue weighted by Gasteiger charge is -2.16. The number of rotatable bonds is 4. The number of aromatic hydroxyl groups is 1. The van der Waals surface area contributed by atoms with E-state index in [0.29, 0.717) is 6.61 Å². The van der Waals surface area contributed by atoms with Crippen molar-refractivity contribution in [2.24, 2.45) is 5.41 Å². The molecule has 0 atom stereocenters. The highest BCUT2D eigenvalue weighted by atomic mass is 16.5. The molecule has 1 rings (SSSR count). The van der Waals surface area contributed by atoms with Crippen LogP contribution in [0.2, 0.25) is 0 Å². The zero-order valence-corrected chi connectivity index (χ0v) is 9.86. The quantitative estimate of drug-likeness (QED) is 0.847. The van der Waals surface area contributed by atoms with E-state index in [-0.39, 0.29) is 23.7 Å². The first-order valence-corrected chi connectivity index (χ1v) is 5.14. The van der Waals surface area contributed by atoms with E-state index in [9.17, 15) is 4.79 Å². The summed E-state index contributed by atoms with van der Waals surface area (Å²) in [6, 6.07) is 3.20. The van der Waals surface area contributed by atoms with Gasteiger partial charge in [0.2, 0.25) is 5.88 Å². The number of nitrogens with zero attached hydrogens (tertiary/aromatic N) is 1. The van der Waals surface area contributed by atoms with Crippen LogP contribution in [0, 0.1) is 5.41 Å². The zero-order valence-electron chi connectivity index (χ0n) is 9.86. The molecule has 1 aromatic rings. The molecule has 0 aromatic carbocycles. The molecule has 1 aromatic heterocycles. The van der Waals surface area contributed by atoms with E-state index in [2.05, 4.69) is 4.98 Å². The summed E-state index contributed by atoms with van der Waals surface area (Å²) in [5.41, 5.74) is 0.465. The molecule has 0 spiro atoms. The Balaban J connectivity index is 2.36. The van der Waals surface area contributed by atoms with E-state index in [1.165, 1.54) is 12.3 Å². The topological polar surface area (TPSA) is 59.4 Å². The van der Waals surface area contributed by atoms with Crippen molar-refractivity contribution in [3.8, 4) is 5.88 Å². The summed E-state index contributed by atoms with van der Waals surface area (Å²) in [5, 5.41) is 8.97. The number of carbonyl (C=O) groups excluding carboxylic acids is 1. The van der Waals surface area contributed by atoms with Gasteiger partial charge in [-0.25, -0.2) is 4.98 Å². The van der Waals surface area contributed by atoms with Crippen LogP contribution in [0.15, 0.2) is 18.3 Å². The highest BCUT2D eigenvalue weighted by Gasteiger charge is 2.20. The number of ketones is 1. The lowest BCUT2D eigenvalue weighted by molar-refractivity contribution is -0.131. The van der Waals surface area contributed by atoms with Crippen LogP contribution in [0.5, 0.6) is 5.88 Å². The molecule has 0 unspecified atom stereocenters. The maximum Gasteiger partial charge on any atom is 0.210 e. The second-order valence-electron chi connectivity index (χ2n) is 4.69. The molecule has 0 saturated heterocycles. The van der Waals surface area contributed by atoms with Gasteiger partial charge in [0.15, 0.2) is 5.78 Å². The third-order valence-corrected chi connectivity index (χ3v) is 2.15. The number of carbonyl (C=O) groups is 1. The fraction of sp³-hybridized carbons (Fsp3) is 0.500. The van der Waals surface area contributed by atoms with Crippen LogP contribution >= 0.6 is 0 Å². The van der Waals surface area contributed by atoms with Crippen molar-refractivity contribution in [2.75, 3.05) is 6.61 Å². The molecule has 0 fully saturated rings. The first-order valence-electron chi connectivity index (χ1n) is 5.14.